The third-order valence-corrected chi connectivity index (χ3v) is 6.98. The smallest absolute Gasteiger partial charge is 0.353 e. The standard InChI is InChI=1S/C19H17F5N4O2S/c20-15-9-13(8-12-2-1-5-25-17(12)15)18-16(21)10-27(11-26-18)14-3-6-28(7-4-14)31(29,30)19(22,23)24/h1-2,5,8-10,14H,3-4,6-7,11H2. The van der Waals surface area contributed by atoms with Crippen molar-refractivity contribution in [3.8, 4) is 0 Å². The van der Waals surface area contributed by atoms with Gasteiger partial charge in [-0.05, 0) is 31.0 Å². The molecule has 0 N–H and O–H groups in total. The van der Waals surface area contributed by atoms with Gasteiger partial charge in [0.25, 0.3) is 0 Å². The van der Waals surface area contributed by atoms with Crippen LogP contribution >= 0.6 is 0 Å². The first-order valence-electron chi connectivity index (χ1n) is 9.37. The van der Waals surface area contributed by atoms with E-state index in [-0.39, 0.29) is 55.4 Å². The first-order chi connectivity index (χ1) is 14.6. The summed E-state index contributed by atoms with van der Waals surface area (Å²) in [6.07, 6.45) is 2.83. The fourth-order valence-electron chi connectivity index (χ4n) is 3.77. The van der Waals surface area contributed by atoms with Gasteiger partial charge in [0.2, 0.25) is 0 Å². The summed E-state index contributed by atoms with van der Waals surface area (Å²) in [5, 5.41) is 0.494. The molecule has 3 heterocycles. The fraction of sp³-hybridized carbons (Fsp3) is 0.368. The van der Waals surface area contributed by atoms with E-state index >= 15 is 0 Å². The molecule has 0 aliphatic carbocycles. The molecule has 0 spiro atoms. The van der Waals surface area contributed by atoms with Crippen LogP contribution < -0.4 is 0 Å². The number of aromatic nitrogens is 1. The molecule has 2 aliphatic rings. The number of alkyl halides is 3. The number of pyridine rings is 1. The van der Waals surface area contributed by atoms with Gasteiger partial charge < -0.3 is 4.90 Å². The third-order valence-electron chi connectivity index (χ3n) is 5.35. The van der Waals surface area contributed by atoms with Gasteiger partial charge in [-0.25, -0.2) is 17.2 Å². The lowest BCUT2D eigenvalue weighted by molar-refractivity contribution is -0.0498. The molecule has 0 amide bonds. The highest BCUT2D eigenvalue weighted by atomic mass is 32.2. The van der Waals surface area contributed by atoms with Gasteiger partial charge in [0.15, 0.2) is 5.83 Å². The SMILES string of the molecule is O=S(=O)(N1CCC(N2C=C(F)C(c3cc(F)c4ncccc4c3)=NC2)CC1)C(F)(F)F. The van der Waals surface area contributed by atoms with Crippen molar-refractivity contribution < 1.29 is 30.4 Å². The number of benzene rings is 1. The Kier molecular flexibility index (Phi) is 5.46. The van der Waals surface area contributed by atoms with E-state index in [1.165, 1.54) is 17.3 Å². The highest BCUT2D eigenvalue weighted by Crippen LogP contribution is 2.31. The van der Waals surface area contributed by atoms with Gasteiger partial charge in [0.05, 0.1) is 0 Å². The Bertz CT molecular complexity index is 1170. The summed E-state index contributed by atoms with van der Waals surface area (Å²) < 4.78 is 90.6. The van der Waals surface area contributed by atoms with Crippen LogP contribution in [0.15, 0.2) is 47.5 Å². The van der Waals surface area contributed by atoms with Crippen molar-refractivity contribution in [3.05, 3.63) is 53.9 Å². The zero-order chi connectivity index (χ0) is 22.4. The third kappa shape index (κ3) is 4.01. The first-order valence-corrected chi connectivity index (χ1v) is 10.8. The first kappa shape index (κ1) is 21.6. The van der Waals surface area contributed by atoms with Crippen LogP contribution in [0.3, 0.4) is 0 Å². The Morgan fingerprint density at radius 1 is 1.10 bits per heavy atom. The minimum atomic E-state index is -5.37. The number of fused-ring (bicyclic) bond motifs is 1. The minimum Gasteiger partial charge on any atom is -0.353 e. The van der Waals surface area contributed by atoms with Crippen molar-refractivity contribution in [1.29, 1.82) is 0 Å². The lowest BCUT2D eigenvalue weighted by atomic mass is 10.0. The molecule has 0 radical (unpaired) electrons. The zero-order valence-corrected chi connectivity index (χ0v) is 16.8. The Balaban J connectivity index is 1.48. The van der Waals surface area contributed by atoms with E-state index < -0.39 is 27.2 Å². The van der Waals surface area contributed by atoms with E-state index in [9.17, 15) is 30.4 Å². The molecule has 31 heavy (non-hydrogen) atoms. The van der Waals surface area contributed by atoms with Gasteiger partial charge in [-0.2, -0.15) is 17.5 Å². The second-order valence-electron chi connectivity index (χ2n) is 7.25. The second kappa shape index (κ2) is 7.83. The number of rotatable bonds is 3. The van der Waals surface area contributed by atoms with Gasteiger partial charge in [-0.3, -0.25) is 9.98 Å². The van der Waals surface area contributed by atoms with Crippen LogP contribution in [0.1, 0.15) is 18.4 Å². The second-order valence-corrected chi connectivity index (χ2v) is 9.18. The van der Waals surface area contributed by atoms with Crippen LogP contribution in [0.5, 0.6) is 0 Å². The van der Waals surface area contributed by atoms with Crippen LogP contribution in [0.4, 0.5) is 22.0 Å². The zero-order valence-electron chi connectivity index (χ0n) is 16.0. The highest BCUT2D eigenvalue weighted by molar-refractivity contribution is 7.90. The summed E-state index contributed by atoms with van der Waals surface area (Å²) >= 11 is 0. The Morgan fingerprint density at radius 2 is 1.81 bits per heavy atom. The number of nitrogens with zero attached hydrogens (tertiary/aromatic N) is 4. The molecule has 1 fully saturated rings. The molecule has 4 rings (SSSR count). The van der Waals surface area contributed by atoms with Crippen molar-refractivity contribution in [2.24, 2.45) is 4.99 Å². The number of aliphatic imine (C=N–C) groups is 1. The van der Waals surface area contributed by atoms with Crippen molar-refractivity contribution >= 4 is 26.6 Å². The van der Waals surface area contributed by atoms with Crippen molar-refractivity contribution in [1.82, 2.24) is 14.2 Å². The van der Waals surface area contributed by atoms with Gasteiger partial charge >= 0.3 is 15.5 Å². The van der Waals surface area contributed by atoms with Gasteiger partial charge in [0, 0.05) is 42.5 Å². The molecule has 12 heteroatoms. The van der Waals surface area contributed by atoms with Gasteiger partial charge in [-0.15, -0.1) is 0 Å². The lowest BCUT2D eigenvalue weighted by Crippen LogP contribution is -2.49. The molecule has 1 aromatic heterocycles. The van der Waals surface area contributed by atoms with E-state index in [1.807, 2.05) is 0 Å². The molecule has 0 bridgehead atoms. The fourth-order valence-corrected chi connectivity index (χ4v) is 4.75. The van der Waals surface area contributed by atoms with Crippen LogP contribution in [0.2, 0.25) is 0 Å². The number of hydrogen-bond acceptors (Lipinski definition) is 5. The number of hydrogen-bond donors (Lipinski definition) is 0. The molecule has 2 aliphatic heterocycles. The average Bonchev–Trinajstić information content (AvgIpc) is 2.73. The van der Waals surface area contributed by atoms with Crippen molar-refractivity contribution in [2.45, 2.75) is 24.4 Å². The topological polar surface area (TPSA) is 65.9 Å². The summed E-state index contributed by atoms with van der Waals surface area (Å²) in [5.74, 6) is -1.32. The molecule has 0 atom stereocenters. The van der Waals surface area contributed by atoms with Gasteiger partial charge in [0.1, 0.15) is 23.7 Å². The lowest BCUT2D eigenvalue weighted by Gasteiger charge is -2.38. The minimum absolute atomic E-state index is 0.0200. The molecular formula is C19H17F5N4O2S. The number of piperidine rings is 1. The molecule has 6 nitrogen and oxygen atoms in total. The number of sulfonamides is 1. The summed E-state index contributed by atoms with van der Waals surface area (Å²) in [5.41, 5.74) is -4.97. The predicted octanol–water partition coefficient (Wildman–Crippen LogP) is 3.56. The van der Waals surface area contributed by atoms with E-state index in [0.717, 1.165) is 6.07 Å². The number of allylic oxidation sites excluding steroid dienone is 1. The molecule has 1 aromatic carbocycles. The molecular weight excluding hydrogens is 443 g/mol. The van der Waals surface area contributed by atoms with E-state index in [4.69, 9.17) is 0 Å². The van der Waals surface area contributed by atoms with Crippen LogP contribution in [-0.4, -0.2) is 59.6 Å². The maximum Gasteiger partial charge on any atom is 0.511 e. The summed E-state index contributed by atoms with van der Waals surface area (Å²) in [7, 11) is -5.37. The van der Waals surface area contributed by atoms with E-state index in [0.29, 0.717) is 9.69 Å². The van der Waals surface area contributed by atoms with E-state index in [1.54, 1.807) is 18.2 Å². The van der Waals surface area contributed by atoms with Crippen LogP contribution in [0, 0.1) is 5.82 Å². The molecule has 2 aromatic rings. The number of halogens is 5. The summed E-state index contributed by atoms with van der Waals surface area (Å²) in [4.78, 5) is 9.66. The molecule has 166 valence electrons. The largest absolute Gasteiger partial charge is 0.511 e. The summed E-state index contributed by atoms with van der Waals surface area (Å²) in [6, 6.07) is 5.64. The highest BCUT2D eigenvalue weighted by Gasteiger charge is 2.50. The molecule has 1 saturated heterocycles. The maximum absolute atomic E-state index is 14.8. The monoisotopic (exact) mass is 460 g/mol. The van der Waals surface area contributed by atoms with Crippen molar-refractivity contribution in [3.63, 3.8) is 0 Å². The van der Waals surface area contributed by atoms with Gasteiger partial charge in [-0.1, -0.05) is 6.07 Å². The van der Waals surface area contributed by atoms with Crippen molar-refractivity contribution in [2.75, 3.05) is 19.8 Å². The predicted molar refractivity (Wildman–Crippen MR) is 104 cm³/mol. The van der Waals surface area contributed by atoms with Crippen LogP contribution in [0.25, 0.3) is 10.9 Å². The Hall–Kier alpha value is -2.60. The molecule has 0 saturated carbocycles. The molecule has 0 unspecified atom stereocenters. The quantitative estimate of drug-likeness (QED) is 0.657. The van der Waals surface area contributed by atoms with Crippen LogP contribution in [-0.2, 0) is 10.0 Å². The normalized spacial score (nSPS) is 19.5. The average molecular weight is 460 g/mol. The summed E-state index contributed by atoms with van der Waals surface area (Å²) in [6.45, 7) is -0.623. The maximum atomic E-state index is 14.8. The Labute approximate surface area is 174 Å². The Morgan fingerprint density at radius 3 is 2.45 bits per heavy atom. The van der Waals surface area contributed by atoms with E-state index in [2.05, 4.69) is 9.98 Å².